The van der Waals surface area contributed by atoms with Gasteiger partial charge in [0.05, 0.1) is 28.4 Å². The monoisotopic (exact) mass is 424 g/mol. The molecule has 10 heteroatoms. The van der Waals surface area contributed by atoms with E-state index in [9.17, 15) is 17.6 Å². The largest absolute Gasteiger partial charge is 0.349 e. The quantitative estimate of drug-likeness (QED) is 0.715. The van der Waals surface area contributed by atoms with Crippen LogP contribution in [0.3, 0.4) is 0 Å². The molecule has 1 unspecified atom stereocenters. The van der Waals surface area contributed by atoms with Crippen LogP contribution in [0.4, 0.5) is 4.39 Å². The van der Waals surface area contributed by atoms with Gasteiger partial charge in [0, 0.05) is 6.04 Å². The molecule has 1 N–H and O–H groups in total. The van der Waals surface area contributed by atoms with E-state index < -0.39 is 15.4 Å². The Morgan fingerprint density at radius 2 is 2.11 bits per heavy atom. The number of aromatic nitrogens is 3. The Kier molecular flexibility index (Phi) is 4.95. The number of nitrogens with one attached hydrogen (secondary N) is 1. The van der Waals surface area contributed by atoms with Crippen molar-refractivity contribution in [2.75, 3.05) is 17.3 Å². The number of benzene rings is 1. The molecule has 2 fully saturated rings. The zero-order valence-electron chi connectivity index (χ0n) is 15.4. The fourth-order valence-corrected chi connectivity index (χ4v) is 6.37. The predicted molar refractivity (Wildman–Crippen MR) is 104 cm³/mol. The highest BCUT2D eigenvalue weighted by Crippen LogP contribution is 2.41. The van der Waals surface area contributed by atoms with E-state index in [-0.39, 0.29) is 35.0 Å². The fraction of sp³-hybridized carbons (Fsp3) is 0.500. The maximum absolute atomic E-state index is 14.2. The molecule has 1 amide bonds. The number of carbonyl (C=O) groups is 1. The minimum absolute atomic E-state index is 0.0356. The minimum Gasteiger partial charge on any atom is -0.349 e. The van der Waals surface area contributed by atoms with Crippen molar-refractivity contribution in [2.45, 2.75) is 42.9 Å². The summed E-state index contributed by atoms with van der Waals surface area (Å²) in [6, 6.07) is 6.65. The van der Waals surface area contributed by atoms with E-state index in [0.717, 1.165) is 12.8 Å². The highest BCUT2D eigenvalue weighted by molar-refractivity contribution is 7.99. The number of thioether (sulfide) groups is 1. The lowest BCUT2D eigenvalue weighted by Crippen LogP contribution is -2.47. The lowest BCUT2D eigenvalue weighted by Gasteiger charge is -2.23. The zero-order chi connectivity index (χ0) is 19.9. The van der Waals surface area contributed by atoms with E-state index in [1.807, 2.05) is 4.57 Å². The number of hydrogen-bond donors (Lipinski definition) is 1. The fourth-order valence-electron chi connectivity index (χ4n) is 3.48. The van der Waals surface area contributed by atoms with Crippen LogP contribution in [0, 0.1) is 5.82 Å². The van der Waals surface area contributed by atoms with Crippen molar-refractivity contribution < 1.29 is 17.6 Å². The van der Waals surface area contributed by atoms with Gasteiger partial charge in [-0.15, -0.1) is 10.2 Å². The van der Waals surface area contributed by atoms with Gasteiger partial charge < -0.3 is 5.32 Å². The molecular formula is C18H21FN4O3S2. The van der Waals surface area contributed by atoms with Crippen LogP contribution < -0.4 is 5.32 Å². The summed E-state index contributed by atoms with van der Waals surface area (Å²) >= 11 is 1.23. The lowest BCUT2D eigenvalue weighted by molar-refractivity contribution is -0.120. The summed E-state index contributed by atoms with van der Waals surface area (Å²) in [5.41, 5.74) is -0.333. The average Bonchev–Trinajstić information content (AvgIpc) is 3.31. The van der Waals surface area contributed by atoms with Gasteiger partial charge >= 0.3 is 0 Å². The van der Waals surface area contributed by atoms with Gasteiger partial charge in [-0.05, 0) is 38.3 Å². The van der Waals surface area contributed by atoms with Gasteiger partial charge in [-0.25, -0.2) is 12.8 Å². The Morgan fingerprint density at radius 3 is 2.75 bits per heavy atom. The molecule has 7 nitrogen and oxygen atoms in total. The number of rotatable bonds is 6. The van der Waals surface area contributed by atoms with Gasteiger partial charge in [-0.1, -0.05) is 23.9 Å². The summed E-state index contributed by atoms with van der Waals surface area (Å²) in [6.07, 6.45) is 2.35. The molecule has 28 heavy (non-hydrogen) atoms. The molecule has 2 aromatic rings. The minimum atomic E-state index is -3.09. The second-order valence-corrected chi connectivity index (χ2v) is 10.8. The van der Waals surface area contributed by atoms with Crippen LogP contribution in [0.15, 0.2) is 29.4 Å². The topological polar surface area (TPSA) is 93.9 Å². The van der Waals surface area contributed by atoms with Crippen molar-refractivity contribution in [3.8, 4) is 11.4 Å². The maximum Gasteiger partial charge on any atom is 0.230 e. The van der Waals surface area contributed by atoms with E-state index in [2.05, 4.69) is 15.5 Å². The first-order chi connectivity index (χ1) is 13.3. The van der Waals surface area contributed by atoms with Crippen LogP contribution in [0.1, 0.15) is 32.2 Å². The van der Waals surface area contributed by atoms with Crippen LogP contribution in [0.25, 0.3) is 11.4 Å². The number of hydrogen-bond acceptors (Lipinski definition) is 6. The summed E-state index contributed by atoms with van der Waals surface area (Å²) in [5, 5.41) is 11.7. The van der Waals surface area contributed by atoms with Crippen LogP contribution in [0.2, 0.25) is 0 Å². The predicted octanol–water partition coefficient (Wildman–Crippen LogP) is 2.20. The third-order valence-corrected chi connectivity index (χ3v) is 7.81. The summed E-state index contributed by atoms with van der Waals surface area (Å²) in [4.78, 5) is 12.4. The van der Waals surface area contributed by atoms with Crippen LogP contribution >= 0.6 is 11.8 Å². The van der Waals surface area contributed by atoms with Crippen molar-refractivity contribution in [3.05, 3.63) is 30.1 Å². The standard InChI is InChI=1S/C18H21FN4O3S2/c1-18(8-9-28(25,26)11-18)20-15(24)10-27-17-22-21-16(23(17)12-6-7-12)13-4-2-3-5-14(13)19/h2-5,12H,6-11H2,1H3,(H,20,24). The third kappa shape index (κ3) is 4.07. The van der Waals surface area contributed by atoms with Crippen LogP contribution in [-0.4, -0.2) is 51.9 Å². The molecule has 2 heterocycles. The summed E-state index contributed by atoms with van der Waals surface area (Å²) in [6.45, 7) is 1.75. The lowest BCUT2D eigenvalue weighted by atomic mass is 10.0. The number of nitrogens with zero attached hydrogens (tertiary/aromatic N) is 3. The first-order valence-electron chi connectivity index (χ1n) is 9.10. The molecule has 1 saturated heterocycles. The van der Waals surface area contributed by atoms with Gasteiger partial charge in [0.2, 0.25) is 5.91 Å². The smallest absolute Gasteiger partial charge is 0.230 e. The third-order valence-electron chi connectivity index (χ3n) is 4.97. The van der Waals surface area contributed by atoms with Gasteiger partial charge in [0.25, 0.3) is 0 Å². The number of sulfone groups is 1. The Bertz CT molecular complexity index is 1020. The summed E-state index contributed by atoms with van der Waals surface area (Å²) in [5.74, 6) is 0.0178. The number of halogens is 1. The molecule has 150 valence electrons. The first-order valence-corrected chi connectivity index (χ1v) is 11.9. The van der Waals surface area contributed by atoms with Gasteiger partial charge in [0.1, 0.15) is 5.82 Å². The zero-order valence-corrected chi connectivity index (χ0v) is 17.0. The van der Waals surface area contributed by atoms with E-state index in [1.54, 1.807) is 25.1 Å². The van der Waals surface area contributed by atoms with E-state index in [0.29, 0.717) is 23.0 Å². The Balaban J connectivity index is 1.47. The highest BCUT2D eigenvalue weighted by Gasteiger charge is 2.39. The molecule has 2 aliphatic rings. The molecule has 4 rings (SSSR count). The van der Waals surface area contributed by atoms with E-state index in [1.165, 1.54) is 17.8 Å². The summed E-state index contributed by atoms with van der Waals surface area (Å²) < 4.78 is 39.5. The van der Waals surface area contributed by atoms with Crippen molar-refractivity contribution >= 4 is 27.5 Å². The van der Waals surface area contributed by atoms with E-state index in [4.69, 9.17) is 0 Å². The molecule has 1 aromatic carbocycles. The Hall–Kier alpha value is -1.94. The SMILES string of the molecule is CC1(NC(=O)CSc2nnc(-c3ccccc3F)n2C2CC2)CCS(=O)(=O)C1. The molecule has 1 atom stereocenters. The molecule has 0 bridgehead atoms. The molecule has 0 spiro atoms. The number of carbonyl (C=O) groups excluding carboxylic acids is 1. The van der Waals surface area contributed by atoms with Crippen molar-refractivity contribution in [1.82, 2.24) is 20.1 Å². The van der Waals surface area contributed by atoms with Crippen molar-refractivity contribution in [3.63, 3.8) is 0 Å². The molecule has 1 saturated carbocycles. The Labute approximate surface area is 167 Å². The van der Waals surface area contributed by atoms with Gasteiger partial charge in [-0.2, -0.15) is 0 Å². The Morgan fingerprint density at radius 1 is 1.36 bits per heavy atom. The van der Waals surface area contributed by atoms with Gasteiger partial charge in [0.15, 0.2) is 20.8 Å². The van der Waals surface area contributed by atoms with E-state index >= 15 is 0 Å². The molecule has 0 radical (unpaired) electrons. The summed E-state index contributed by atoms with van der Waals surface area (Å²) in [7, 11) is -3.09. The molecule has 1 aliphatic heterocycles. The molecule has 1 aliphatic carbocycles. The first kappa shape index (κ1) is 19.4. The maximum atomic E-state index is 14.2. The average molecular weight is 425 g/mol. The molecule has 1 aromatic heterocycles. The molecular weight excluding hydrogens is 403 g/mol. The second kappa shape index (κ2) is 7.14. The second-order valence-electron chi connectivity index (χ2n) is 7.63. The van der Waals surface area contributed by atoms with Gasteiger partial charge in [-0.3, -0.25) is 9.36 Å². The van der Waals surface area contributed by atoms with Crippen molar-refractivity contribution in [2.24, 2.45) is 0 Å². The van der Waals surface area contributed by atoms with Crippen LogP contribution in [-0.2, 0) is 14.6 Å². The van der Waals surface area contributed by atoms with Crippen LogP contribution in [0.5, 0.6) is 0 Å². The number of amides is 1. The normalized spacial score (nSPS) is 23.6. The highest BCUT2D eigenvalue weighted by atomic mass is 32.2. The van der Waals surface area contributed by atoms with Crippen molar-refractivity contribution in [1.29, 1.82) is 0 Å².